The van der Waals surface area contributed by atoms with Gasteiger partial charge >= 0.3 is 0 Å². The van der Waals surface area contributed by atoms with Gasteiger partial charge in [-0.15, -0.1) is 0 Å². The van der Waals surface area contributed by atoms with E-state index in [-0.39, 0.29) is 5.92 Å². The molecule has 0 aliphatic carbocycles. The molecule has 1 fully saturated rings. The Kier molecular flexibility index (Phi) is 3.10. The van der Waals surface area contributed by atoms with E-state index in [9.17, 15) is 0 Å². The third kappa shape index (κ3) is 2.06. The molecule has 2 aromatic heterocycles. The van der Waals surface area contributed by atoms with Gasteiger partial charge in [-0.25, -0.2) is 0 Å². The standard InChI is InChI=1S/C13H18N4O2/c1-4-17-9(3)11(8(2)15-17)13-14-12(16-19-13)10-5-6-18-7-10/h10H,4-7H2,1-3H3. The molecule has 102 valence electrons. The lowest BCUT2D eigenvalue weighted by atomic mass is 10.1. The lowest BCUT2D eigenvalue weighted by Gasteiger charge is -1.99. The van der Waals surface area contributed by atoms with E-state index in [2.05, 4.69) is 22.2 Å². The quantitative estimate of drug-likeness (QED) is 0.847. The molecule has 2 aromatic rings. The van der Waals surface area contributed by atoms with E-state index in [1.54, 1.807) is 0 Å². The molecule has 3 heterocycles. The maximum atomic E-state index is 5.41. The Morgan fingerprint density at radius 1 is 1.37 bits per heavy atom. The van der Waals surface area contributed by atoms with Crippen LogP contribution in [0.3, 0.4) is 0 Å². The van der Waals surface area contributed by atoms with Gasteiger partial charge in [0.1, 0.15) is 0 Å². The highest BCUT2D eigenvalue weighted by Gasteiger charge is 2.25. The van der Waals surface area contributed by atoms with Gasteiger partial charge < -0.3 is 9.26 Å². The first kappa shape index (κ1) is 12.3. The van der Waals surface area contributed by atoms with E-state index in [1.807, 2.05) is 18.5 Å². The highest BCUT2D eigenvalue weighted by Crippen LogP contribution is 2.28. The van der Waals surface area contributed by atoms with Crippen LogP contribution in [0, 0.1) is 13.8 Å². The van der Waals surface area contributed by atoms with Gasteiger partial charge in [0.2, 0.25) is 0 Å². The normalized spacial score (nSPS) is 19.2. The van der Waals surface area contributed by atoms with Gasteiger partial charge in [0.05, 0.1) is 17.9 Å². The van der Waals surface area contributed by atoms with Gasteiger partial charge in [-0.05, 0) is 27.2 Å². The molecule has 0 spiro atoms. The number of ether oxygens (including phenoxy) is 1. The van der Waals surface area contributed by atoms with Gasteiger partial charge in [0, 0.05) is 24.8 Å². The predicted octanol–water partition coefficient (Wildman–Crippen LogP) is 2.07. The van der Waals surface area contributed by atoms with Crippen molar-refractivity contribution in [3.05, 3.63) is 17.2 Å². The average Bonchev–Trinajstić information content (AvgIpc) is 3.08. The van der Waals surface area contributed by atoms with E-state index >= 15 is 0 Å². The molecular formula is C13H18N4O2. The van der Waals surface area contributed by atoms with Crippen molar-refractivity contribution < 1.29 is 9.26 Å². The van der Waals surface area contributed by atoms with Crippen molar-refractivity contribution in [1.29, 1.82) is 0 Å². The van der Waals surface area contributed by atoms with Gasteiger partial charge in [-0.2, -0.15) is 10.1 Å². The SMILES string of the molecule is CCn1nc(C)c(-c2nc(C3CCOC3)no2)c1C. The second kappa shape index (κ2) is 4.77. The van der Waals surface area contributed by atoms with E-state index in [4.69, 9.17) is 9.26 Å². The predicted molar refractivity (Wildman–Crippen MR) is 68.8 cm³/mol. The van der Waals surface area contributed by atoms with Crippen LogP contribution in [0.1, 0.15) is 36.5 Å². The van der Waals surface area contributed by atoms with Crippen LogP contribution < -0.4 is 0 Å². The summed E-state index contributed by atoms with van der Waals surface area (Å²) in [5.74, 6) is 1.58. The Hall–Kier alpha value is -1.69. The molecular weight excluding hydrogens is 244 g/mol. The fourth-order valence-electron chi connectivity index (χ4n) is 2.55. The summed E-state index contributed by atoms with van der Waals surface area (Å²) < 4.78 is 12.7. The Morgan fingerprint density at radius 2 is 2.21 bits per heavy atom. The Balaban J connectivity index is 1.96. The van der Waals surface area contributed by atoms with Crippen LogP contribution in [0.5, 0.6) is 0 Å². The number of rotatable bonds is 3. The molecule has 6 heteroatoms. The molecule has 0 aromatic carbocycles. The summed E-state index contributed by atoms with van der Waals surface area (Å²) in [5.41, 5.74) is 2.95. The van der Waals surface area contributed by atoms with Crippen LogP contribution in [-0.4, -0.2) is 33.1 Å². The van der Waals surface area contributed by atoms with Crippen LogP contribution in [0.2, 0.25) is 0 Å². The van der Waals surface area contributed by atoms with Crippen LogP contribution in [0.25, 0.3) is 11.5 Å². The second-order valence-corrected chi connectivity index (χ2v) is 4.88. The Bertz CT molecular complexity index is 581. The largest absolute Gasteiger partial charge is 0.381 e. The second-order valence-electron chi connectivity index (χ2n) is 4.88. The summed E-state index contributed by atoms with van der Waals surface area (Å²) in [6.45, 7) is 8.37. The summed E-state index contributed by atoms with van der Waals surface area (Å²) >= 11 is 0. The van der Waals surface area contributed by atoms with Crippen LogP contribution in [0.15, 0.2) is 4.52 Å². The minimum absolute atomic E-state index is 0.263. The molecule has 1 unspecified atom stereocenters. The van der Waals surface area contributed by atoms with Crippen LogP contribution >= 0.6 is 0 Å². The minimum Gasteiger partial charge on any atom is -0.381 e. The van der Waals surface area contributed by atoms with Gasteiger partial charge in [-0.3, -0.25) is 4.68 Å². The maximum Gasteiger partial charge on any atom is 0.261 e. The Labute approximate surface area is 111 Å². The molecule has 1 saturated heterocycles. The third-order valence-corrected chi connectivity index (χ3v) is 3.63. The van der Waals surface area contributed by atoms with E-state index in [0.717, 1.165) is 42.3 Å². The zero-order chi connectivity index (χ0) is 13.4. The van der Waals surface area contributed by atoms with Crippen molar-refractivity contribution in [3.63, 3.8) is 0 Å². The molecule has 0 saturated carbocycles. The zero-order valence-electron chi connectivity index (χ0n) is 11.5. The van der Waals surface area contributed by atoms with Crippen molar-refractivity contribution in [2.24, 2.45) is 0 Å². The van der Waals surface area contributed by atoms with Crippen molar-refractivity contribution >= 4 is 0 Å². The lowest BCUT2D eigenvalue weighted by molar-refractivity contribution is 0.192. The lowest BCUT2D eigenvalue weighted by Crippen LogP contribution is -2.00. The molecule has 1 aliphatic rings. The highest BCUT2D eigenvalue weighted by atomic mass is 16.5. The molecule has 1 atom stereocenters. The van der Waals surface area contributed by atoms with Gasteiger partial charge in [0.15, 0.2) is 5.82 Å². The number of nitrogens with zero attached hydrogens (tertiary/aromatic N) is 4. The van der Waals surface area contributed by atoms with Crippen molar-refractivity contribution in [1.82, 2.24) is 19.9 Å². The first-order chi connectivity index (χ1) is 9.20. The first-order valence-corrected chi connectivity index (χ1v) is 6.66. The molecule has 0 amide bonds. The van der Waals surface area contributed by atoms with E-state index in [1.165, 1.54) is 0 Å². The zero-order valence-corrected chi connectivity index (χ0v) is 11.5. The first-order valence-electron chi connectivity index (χ1n) is 6.66. The summed E-state index contributed by atoms with van der Waals surface area (Å²) in [7, 11) is 0. The molecule has 6 nitrogen and oxygen atoms in total. The molecule has 0 radical (unpaired) electrons. The van der Waals surface area contributed by atoms with E-state index in [0.29, 0.717) is 12.5 Å². The Morgan fingerprint density at radius 3 is 2.84 bits per heavy atom. The fraction of sp³-hybridized carbons (Fsp3) is 0.615. The summed E-state index contributed by atoms with van der Waals surface area (Å²) in [6.07, 6.45) is 0.963. The number of hydrogen-bond donors (Lipinski definition) is 0. The van der Waals surface area contributed by atoms with E-state index < -0.39 is 0 Å². The van der Waals surface area contributed by atoms with Crippen molar-refractivity contribution in [3.8, 4) is 11.5 Å². The monoisotopic (exact) mass is 262 g/mol. The van der Waals surface area contributed by atoms with Gasteiger partial charge in [0.25, 0.3) is 5.89 Å². The summed E-state index contributed by atoms with van der Waals surface area (Å²) in [4.78, 5) is 4.52. The maximum absolute atomic E-state index is 5.41. The third-order valence-electron chi connectivity index (χ3n) is 3.63. The van der Waals surface area contributed by atoms with Crippen molar-refractivity contribution in [2.45, 2.75) is 39.7 Å². The highest BCUT2D eigenvalue weighted by molar-refractivity contribution is 5.59. The fourth-order valence-corrected chi connectivity index (χ4v) is 2.55. The topological polar surface area (TPSA) is 66.0 Å². The number of hydrogen-bond acceptors (Lipinski definition) is 5. The molecule has 0 N–H and O–H groups in total. The van der Waals surface area contributed by atoms with Crippen molar-refractivity contribution in [2.75, 3.05) is 13.2 Å². The minimum atomic E-state index is 0.263. The smallest absolute Gasteiger partial charge is 0.261 e. The molecule has 1 aliphatic heterocycles. The molecule has 0 bridgehead atoms. The van der Waals surface area contributed by atoms with Crippen LogP contribution in [-0.2, 0) is 11.3 Å². The summed E-state index contributed by atoms with van der Waals surface area (Å²) in [6, 6.07) is 0. The van der Waals surface area contributed by atoms with Crippen LogP contribution in [0.4, 0.5) is 0 Å². The molecule has 19 heavy (non-hydrogen) atoms. The number of aromatic nitrogens is 4. The molecule has 3 rings (SSSR count). The summed E-state index contributed by atoms with van der Waals surface area (Å²) in [5, 5.41) is 8.56. The van der Waals surface area contributed by atoms with Gasteiger partial charge in [-0.1, -0.05) is 5.16 Å². The average molecular weight is 262 g/mol. The number of aryl methyl sites for hydroxylation is 2.